The number of carbonyl (C=O) groups is 2. The van der Waals surface area contributed by atoms with Crippen LogP contribution in [0.4, 0.5) is 0 Å². The van der Waals surface area contributed by atoms with Crippen LogP contribution in [0, 0.1) is 11.3 Å². The van der Waals surface area contributed by atoms with E-state index in [0.29, 0.717) is 13.1 Å². The Morgan fingerprint density at radius 2 is 2.00 bits per heavy atom. The predicted octanol–water partition coefficient (Wildman–Crippen LogP) is 2.22. The summed E-state index contributed by atoms with van der Waals surface area (Å²) in [5.74, 6) is 0.140. The maximum Gasteiger partial charge on any atom is 0.263 e. The van der Waals surface area contributed by atoms with Crippen molar-refractivity contribution >= 4 is 23.2 Å². The summed E-state index contributed by atoms with van der Waals surface area (Å²) in [6.45, 7) is 6.25. The summed E-state index contributed by atoms with van der Waals surface area (Å²) in [7, 11) is 0. The maximum absolute atomic E-state index is 13.1. The summed E-state index contributed by atoms with van der Waals surface area (Å²) in [4.78, 5) is 31.1. The Hall–Kier alpha value is -1.44. The molecule has 7 heteroatoms. The molecule has 0 bridgehead atoms. The second kappa shape index (κ2) is 8.93. The van der Waals surface area contributed by atoms with E-state index in [0.717, 1.165) is 57.1 Å². The molecular formula is C21H31N3O3S. The van der Waals surface area contributed by atoms with Gasteiger partial charge in [-0.25, -0.2) is 0 Å². The third-order valence-electron chi connectivity index (χ3n) is 6.66. The number of hydrogen-bond donors (Lipinski definition) is 1. The number of ether oxygens (including phenoxy) is 1. The number of carbonyl (C=O) groups excluding carboxylic acids is 2. The van der Waals surface area contributed by atoms with Crippen LogP contribution in [-0.4, -0.2) is 74.1 Å². The minimum Gasteiger partial charge on any atom is -0.379 e. The minimum absolute atomic E-state index is 0.0335. The SMILES string of the molecule is O=C(NCCN1CCOCC1)[C@H]1CN(C(=O)c2cccs2)CC12CCCCC2. The Balaban J connectivity index is 1.39. The van der Waals surface area contributed by atoms with E-state index in [9.17, 15) is 9.59 Å². The number of thiophene rings is 1. The highest BCUT2D eigenvalue weighted by atomic mass is 32.1. The number of amides is 2. The fourth-order valence-corrected chi connectivity index (χ4v) is 5.78. The molecule has 1 aromatic rings. The number of likely N-dealkylation sites (tertiary alicyclic amines) is 1. The minimum atomic E-state index is -0.0820. The van der Waals surface area contributed by atoms with Crippen LogP contribution in [0.1, 0.15) is 41.8 Å². The van der Waals surface area contributed by atoms with Gasteiger partial charge in [-0.05, 0) is 24.3 Å². The Labute approximate surface area is 171 Å². The number of nitrogens with zero attached hydrogens (tertiary/aromatic N) is 2. The van der Waals surface area contributed by atoms with E-state index < -0.39 is 0 Å². The van der Waals surface area contributed by atoms with Gasteiger partial charge in [0.05, 0.1) is 24.0 Å². The first-order valence-electron chi connectivity index (χ1n) is 10.6. The quantitative estimate of drug-likeness (QED) is 0.816. The summed E-state index contributed by atoms with van der Waals surface area (Å²) >= 11 is 1.48. The Bertz CT molecular complexity index is 666. The van der Waals surface area contributed by atoms with Gasteiger partial charge in [0.15, 0.2) is 0 Å². The molecule has 0 radical (unpaired) electrons. The van der Waals surface area contributed by atoms with Gasteiger partial charge in [-0.3, -0.25) is 14.5 Å². The third kappa shape index (κ3) is 4.26. The summed E-state index contributed by atoms with van der Waals surface area (Å²) in [5.41, 5.74) is -0.0335. The van der Waals surface area contributed by atoms with Gasteiger partial charge in [0, 0.05) is 44.7 Å². The van der Waals surface area contributed by atoms with Crippen LogP contribution in [0.25, 0.3) is 0 Å². The summed E-state index contributed by atoms with van der Waals surface area (Å²) in [5, 5.41) is 5.12. The van der Waals surface area contributed by atoms with Crippen molar-refractivity contribution in [3.63, 3.8) is 0 Å². The molecule has 28 heavy (non-hydrogen) atoms. The first-order chi connectivity index (χ1) is 13.7. The van der Waals surface area contributed by atoms with Gasteiger partial charge in [-0.15, -0.1) is 11.3 Å². The summed E-state index contributed by atoms with van der Waals surface area (Å²) < 4.78 is 5.38. The fourth-order valence-electron chi connectivity index (χ4n) is 5.09. The van der Waals surface area contributed by atoms with Crippen LogP contribution >= 0.6 is 11.3 Å². The molecular weight excluding hydrogens is 374 g/mol. The van der Waals surface area contributed by atoms with E-state index in [1.165, 1.54) is 30.6 Å². The molecule has 2 aliphatic heterocycles. The molecule has 1 N–H and O–H groups in total. The van der Waals surface area contributed by atoms with E-state index in [4.69, 9.17) is 4.74 Å². The van der Waals surface area contributed by atoms with E-state index in [1.807, 2.05) is 22.4 Å². The lowest BCUT2D eigenvalue weighted by Gasteiger charge is -2.37. The van der Waals surface area contributed by atoms with Gasteiger partial charge in [0.25, 0.3) is 5.91 Å². The second-order valence-corrected chi connectivity index (χ2v) is 9.33. The molecule has 2 amide bonds. The molecule has 0 aromatic carbocycles. The summed E-state index contributed by atoms with van der Waals surface area (Å²) in [6, 6.07) is 3.80. The lowest BCUT2D eigenvalue weighted by molar-refractivity contribution is -0.128. The van der Waals surface area contributed by atoms with Crippen molar-refractivity contribution < 1.29 is 14.3 Å². The van der Waals surface area contributed by atoms with Crippen molar-refractivity contribution in [2.45, 2.75) is 32.1 Å². The third-order valence-corrected chi connectivity index (χ3v) is 7.52. The average molecular weight is 406 g/mol. The molecule has 1 spiro atoms. The van der Waals surface area contributed by atoms with Crippen molar-refractivity contribution in [3.8, 4) is 0 Å². The van der Waals surface area contributed by atoms with Crippen LogP contribution in [-0.2, 0) is 9.53 Å². The zero-order valence-corrected chi connectivity index (χ0v) is 17.3. The van der Waals surface area contributed by atoms with Crippen LogP contribution < -0.4 is 5.32 Å². The lowest BCUT2D eigenvalue weighted by atomic mass is 9.67. The van der Waals surface area contributed by atoms with Crippen LogP contribution in [0.2, 0.25) is 0 Å². The zero-order valence-electron chi connectivity index (χ0n) is 16.5. The number of rotatable bonds is 5. The molecule has 1 saturated carbocycles. The highest BCUT2D eigenvalue weighted by Crippen LogP contribution is 2.48. The smallest absolute Gasteiger partial charge is 0.263 e. The van der Waals surface area contributed by atoms with Crippen molar-refractivity contribution in [1.29, 1.82) is 0 Å². The standard InChI is InChI=1S/C21H31N3O3S/c25-19(22-8-9-23-10-12-27-13-11-23)17-15-24(20(26)18-5-4-14-28-18)16-21(17)6-2-1-3-7-21/h4-5,14,17H,1-3,6-13,15-16H2,(H,22,25)/t17-/m1/s1. The van der Waals surface area contributed by atoms with Gasteiger partial charge in [0.2, 0.25) is 5.91 Å². The summed E-state index contributed by atoms with van der Waals surface area (Å²) in [6.07, 6.45) is 5.69. The van der Waals surface area contributed by atoms with Crippen LogP contribution in [0.15, 0.2) is 17.5 Å². The van der Waals surface area contributed by atoms with E-state index in [1.54, 1.807) is 0 Å². The van der Waals surface area contributed by atoms with Gasteiger partial charge in [0.1, 0.15) is 0 Å². The van der Waals surface area contributed by atoms with Crippen molar-refractivity contribution in [3.05, 3.63) is 22.4 Å². The molecule has 2 saturated heterocycles. The fraction of sp³-hybridized carbons (Fsp3) is 0.714. The largest absolute Gasteiger partial charge is 0.379 e. The van der Waals surface area contributed by atoms with Crippen LogP contribution in [0.5, 0.6) is 0 Å². The second-order valence-electron chi connectivity index (χ2n) is 8.38. The maximum atomic E-state index is 13.1. The molecule has 1 aromatic heterocycles. The zero-order chi connectivity index (χ0) is 19.4. The molecule has 4 rings (SSSR count). The molecule has 154 valence electrons. The van der Waals surface area contributed by atoms with E-state index >= 15 is 0 Å². The Morgan fingerprint density at radius 3 is 2.71 bits per heavy atom. The monoisotopic (exact) mass is 405 g/mol. The van der Waals surface area contributed by atoms with Crippen LogP contribution in [0.3, 0.4) is 0 Å². The normalized spacial score (nSPS) is 25.1. The van der Waals surface area contributed by atoms with Gasteiger partial charge in [-0.2, -0.15) is 0 Å². The highest BCUT2D eigenvalue weighted by molar-refractivity contribution is 7.12. The number of hydrogen-bond acceptors (Lipinski definition) is 5. The number of nitrogens with one attached hydrogen (secondary N) is 1. The van der Waals surface area contributed by atoms with E-state index in [-0.39, 0.29) is 23.1 Å². The average Bonchev–Trinajstić information content (AvgIpc) is 3.38. The molecule has 3 aliphatic rings. The van der Waals surface area contributed by atoms with Gasteiger partial charge >= 0.3 is 0 Å². The molecule has 1 aliphatic carbocycles. The Kier molecular flexibility index (Phi) is 6.33. The van der Waals surface area contributed by atoms with E-state index in [2.05, 4.69) is 10.2 Å². The van der Waals surface area contributed by atoms with Gasteiger partial charge < -0.3 is 15.0 Å². The van der Waals surface area contributed by atoms with Crippen molar-refractivity contribution in [2.75, 3.05) is 52.5 Å². The molecule has 3 fully saturated rings. The highest BCUT2D eigenvalue weighted by Gasteiger charge is 2.51. The molecule has 0 unspecified atom stereocenters. The molecule has 3 heterocycles. The predicted molar refractivity (Wildman–Crippen MR) is 109 cm³/mol. The molecule has 1 atom stereocenters. The first-order valence-corrected chi connectivity index (χ1v) is 11.5. The first kappa shape index (κ1) is 19.9. The lowest BCUT2D eigenvalue weighted by Crippen LogP contribution is -2.46. The van der Waals surface area contributed by atoms with Crippen molar-refractivity contribution in [2.24, 2.45) is 11.3 Å². The number of morpholine rings is 1. The van der Waals surface area contributed by atoms with Crippen molar-refractivity contribution in [1.82, 2.24) is 15.1 Å². The molecule has 6 nitrogen and oxygen atoms in total. The topological polar surface area (TPSA) is 61.9 Å². The Morgan fingerprint density at radius 1 is 1.21 bits per heavy atom. The van der Waals surface area contributed by atoms with Gasteiger partial charge in [-0.1, -0.05) is 25.3 Å².